The molecule has 0 N–H and O–H groups in total. The van der Waals surface area contributed by atoms with Gasteiger partial charge in [-0.25, -0.2) is 0 Å². The Morgan fingerprint density at radius 2 is 2.17 bits per heavy atom. The first-order chi connectivity index (χ1) is 8.39. The second kappa shape index (κ2) is 6.61. The number of amides is 1. The van der Waals surface area contributed by atoms with Crippen molar-refractivity contribution in [3.05, 3.63) is 0 Å². The molecule has 1 aliphatic heterocycles. The largest absolute Gasteiger partial charge is 0.406 e. The number of halogens is 4. The number of hydrogen-bond donors (Lipinski definition) is 0. The monoisotopic (exact) mass is 287 g/mol. The quantitative estimate of drug-likeness (QED) is 0.727. The number of carbonyl (C=O) groups is 1. The molecule has 0 aliphatic carbocycles. The Morgan fingerprint density at radius 1 is 1.50 bits per heavy atom. The third-order valence-electron chi connectivity index (χ3n) is 2.97. The minimum atomic E-state index is -4.40. The maximum Gasteiger partial charge on any atom is 0.406 e. The van der Waals surface area contributed by atoms with Crippen LogP contribution in [0.2, 0.25) is 0 Å². The summed E-state index contributed by atoms with van der Waals surface area (Å²) in [6.45, 7) is 0.944. The molecule has 1 fully saturated rings. The van der Waals surface area contributed by atoms with E-state index in [4.69, 9.17) is 16.3 Å². The fourth-order valence-electron chi connectivity index (χ4n) is 2.15. The van der Waals surface area contributed by atoms with Crippen molar-refractivity contribution in [2.75, 3.05) is 25.6 Å². The molecule has 106 valence electrons. The van der Waals surface area contributed by atoms with Crippen LogP contribution in [0.15, 0.2) is 0 Å². The number of carbonyl (C=O) groups excluding carboxylic acids is 1. The van der Waals surface area contributed by atoms with E-state index in [0.29, 0.717) is 19.4 Å². The highest BCUT2D eigenvalue weighted by molar-refractivity contribution is 6.18. The zero-order chi connectivity index (χ0) is 13.8. The van der Waals surface area contributed by atoms with E-state index in [-0.39, 0.29) is 18.5 Å². The van der Waals surface area contributed by atoms with Gasteiger partial charge >= 0.3 is 6.18 Å². The Kier molecular flexibility index (Phi) is 5.72. The van der Waals surface area contributed by atoms with Crippen molar-refractivity contribution in [3.8, 4) is 0 Å². The van der Waals surface area contributed by atoms with Gasteiger partial charge in [-0.15, -0.1) is 11.6 Å². The van der Waals surface area contributed by atoms with Crippen LogP contribution in [0.5, 0.6) is 0 Å². The highest BCUT2D eigenvalue weighted by Gasteiger charge is 2.39. The summed E-state index contributed by atoms with van der Waals surface area (Å²) in [5.74, 6) is -0.982. The molecule has 0 aromatic heterocycles. The molecule has 2 atom stereocenters. The molecular weight excluding hydrogens is 271 g/mol. The van der Waals surface area contributed by atoms with Crippen LogP contribution in [-0.4, -0.2) is 48.7 Å². The second-order valence-electron chi connectivity index (χ2n) is 4.28. The van der Waals surface area contributed by atoms with Gasteiger partial charge in [0.2, 0.25) is 5.91 Å². The predicted molar refractivity (Wildman–Crippen MR) is 61.5 cm³/mol. The Balaban J connectivity index is 2.69. The van der Waals surface area contributed by atoms with E-state index in [1.54, 1.807) is 0 Å². The summed E-state index contributed by atoms with van der Waals surface area (Å²) in [7, 11) is 0. The number of nitrogens with zero attached hydrogens (tertiary/aromatic N) is 1. The van der Waals surface area contributed by atoms with Gasteiger partial charge in [0.25, 0.3) is 0 Å². The Bertz CT molecular complexity index is 286. The predicted octanol–water partition coefficient (Wildman–Crippen LogP) is 2.43. The molecule has 0 radical (unpaired) electrons. The van der Waals surface area contributed by atoms with Crippen LogP contribution in [0.3, 0.4) is 0 Å². The van der Waals surface area contributed by atoms with E-state index in [1.807, 2.05) is 6.92 Å². The van der Waals surface area contributed by atoms with Gasteiger partial charge in [0.05, 0.1) is 12.0 Å². The molecule has 1 rings (SSSR count). The van der Waals surface area contributed by atoms with E-state index in [0.717, 1.165) is 4.90 Å². The van der Waals surface area contributed by atoms with Gasteiger partial charge in [-0.3, -0.25) is 4.79 Å². The van der Waals surface area contributed by atoms with Crippen molar-refractivity contribution < 1.29 is 22.7 Å². The van der Waals surface area contributed by atoms with Gasteiger partial charge in [-0.1, -0.05) is 6.92 Å². The third kappa shape index (κ3) is 4.31. The lowest BCUT2D eigenvalue weighted by Crippen LogP contribution is -2.45. The van der Waals surface area contributed by atoms with E-state index in [2.05, 4.69) is 0 Å². The molecular formula is C11H17ClF3NO2. The molecule has 1 aliphatic rings. The summed E-state index contributed by atoms with van der Waals surface area (Å²) in [4.78, 5) is 12.9. The lowest BCUT2D eigenvalue weighted by Gasteiger charge is -2.27. The van der Waals surface area contributed by atoms with Gasteiger partial charge < -0.3 is 9.64 Å². The lowest BCUT2D eigenvalue weighted by atomic mass is 9.98. The standard InChI is InChI=1S/C11H17ClF3NO2/c1-2-9-8(3-6-18-9)10(17)16(5-4-12)7-11(13,14)15/h8-9H,2-7H2,1H3. The fraction of sp³-hybridized carbons (Fsp3) is 0.909. The van der Waals surface area contributed by atoms with Crippen molar-refractivity contribution in [2.24, 2.45) is 5.92 Å². The molecule has 1 saturated heterocycles. The molecule has 3 nitrogen and oxygen atoms in total. The summed E-state index contributed by atoms with van der Waals surface area (Å²) in [5.41, 5.74) is 0. The molecule has 0 aromatic rings. The van der Waals surface area contributed by atoms with Crippen molar-refractivity contribution in [1.82, 2.24) is 4.90 Å². The molecule has 0 bridgehead atoms. The molecule has 0 saturated carbocycles. The average Bonchev–Trinajstić information content (AvgIpc) is 2.73. The number of rotatable bonds is 5. The zero-order valence-corrected chi connectivity index (χ0v) is 10.9. The van der Waals surface area contributed by atoms with Crippen molar-refractivity contribution in [1.29, 1.82) is 0 Å². The SMILES string of the molecule is CCC1OCCC1C(=O)N(CCCl)CC(F)(F)F. The summed E-state index contributed by atoms with van der Waals surface area (Å²) in [5, 5.41) is 0. The second-order valence-corrected chi connectivity index (χ2v) is 4.65. The first-order valence-corrected chi connectivity index (χ1v) is 6.45. The van der Waals surface area contributed by atoms with Crippen molar-refractivity contribution >= 4 is 17.5 Å². The van der Waals surface area contributed by atoms with Crippen LogP contribution < -0.4 is 0 Å². The molecule has 0 spiro atoms. The number of alkyl halides is 4. The van der Waals surface area contributed by atoms with E-state index in [9.17, 15) is 18.0 Å². The highest BCUT2D eigenvalue weighted by atomic mass is 35.5. The summed E-state index contributed by atoms with van der Waals surface area (Å²) in [6.07, 6.45) is -3.57. The normalized spacial score (nSPS) is 24.3. The van der Waals surface area contributed by atoms with Gasteiger partial charge in [-0.05, 0) is 12.8 Å². The van der Waals surface area contributed by atoms with Crippen LogP contribution in [0.25, 0.3) is 0 Å². The van der Waals surface area contributed by atoms with Crippen LogP contribution >= 0.6 is 11.6 Å². The lowest BCUT2D eigenvalue weighted by molar-refractivity contribution is -0.164. The summed E-state index contributed by atoms with van der Waals surface area (Å²) < 4.78 is 42.5. The molecule has 7 heteroatoms. The molecule has 1 heterocycles. The average molecular weight is 288 g/mol. The Labute approximate surface area is 109 Å². The minimum absolute atomic E-state index is 0.00775. The maximum atomic E-state index is 12.4. The maximum absolute atomic E-state index is 12.4. The highest BCUT2D eigenvalue weighted by Crippen LogP contribution is 2.27. The van der Waals surface area contributed by atoms with Gasteiger partial charge in [0.1, 0.15) is 6.54 Å². The van der Waals surface area contributed by atoms with E-state index in [1.165, 1.54) is 0 Å². The minimum Gasteiger partial charge on any atom is -0.377 e. The molecule has 18 heavy (non-hydrogen) atoms. The van der Waals surface area contributed by atoms with Crippen LogP contribution in [0, 0.1) is 5.92 Å². The fourth-order valence-corrected chi connectivity index (χ4v) is 2.36. The Hall–Kier alpha value is -0.490. The van der Waals surface area contributed by atoms with Crippen LogP contribution in [0.1, 0.15) is 19.8 Å². The smallest absolute Gasteiger partial charge is 0.377 e. The summed E-state index contributed by atoms with van der Waals surface area (Å²) in [6, 6.07) is 0. The number of hydrogen-bond acceptors (Lipinski definition) is 2. The van der Waals surface area contributed by atoms with Crippen molar-refractivity contribution in [3.63, 3.8) is 0 Å². The third-order valence-corrected chi connectivity index (χ3v) is 3.13. The summed E-state index contributed by atoms with van der Waals surface area (Å²) >= 11 is 5.45. The van der Waals surface area contributed by atoms with Gasteiger partial charge in [0.15, 0.2) is 0 Å². The van der Waals surface area contributed by atoms with Crippen molar-refractivity contribution in [2.45, 2.75) is 32.0 Å². The number of ether oxygens (including phenoxy) is 1. The van der Waals surface area contributed by atoms with E-state index < -0.39 is 24.5 Å². The zero-order valence-electron chi connectivity index (χ0n) is 10.2. The topological polar surface area (TPSA) is 29.5 Å². The van der Waals surface area contributed by atoms with Gasteiger partial charge in [0, 0.05) is 19.0 Å². The molecule has 1 amide bonds. The van der Waals surface area contributed by atoms with E-state index >= 15 is 0 Å². The van der Waals surface area contributed by atoms with Gasteiger partial charge in [-0.2, -0.15) is 13.2 Å². The molecule has 2 unspecified atom stereocenters. The van der Waals surface area contributed by atoms with Crippen LogP contribution in [-0.2, 0) is 9.53 Å². The first-order valence-electron chi connectivity index (χ1n) is 5.92. The Morgan fingerprint density at radius 3 is 2.67 bits per heavy atom. The first kappa shape index (κ1) is 15.6. The van der Waals surface area contributed by atoms with Crippen LogP contribution in [0.4, 0.5) is 13.2 Å². The molecule has 0 aromatic carbocycles.